The molecule has 2 aliphatic rings. The van der Waals surface area contributed by atoms with E-state index in [9.17, 15) is 37.1 Å². The summed E-state index contributed by atoms with van der Waals surface area (Å²) >= 11 is 0. The lowest BCUT2D eigenvalue weighted by molar-refractivity contribution is -0.172. The Bertz CT molecular complexity index is 1320. The van der Waals surface area contributed by atoms with Crippen molar-refractivity contribution in [1.82, 2.24) is 9.47 Å². The zero-order chi connectivity index (χ0) is 29.3. The summed E-state index contributed by atoms with van der Waals surface area (Å²) in [7, 11) is 0. The van der Waals surface area contributed by atoms with E-state index in [0.717, 1.165) is 18.9 Å². The van der Waals surface area contributed by atoms with Gasteiger partial charge in [0.15, 0.2) is 0 Å². The number of amides is 1. The van der Waals surface area contributed by atoms with Gasteiger partial charge in [0, 0.05) is 47.8 Å². The highest BCUT2D eigenvalue weighted by molar-refractivity contribution is 5.97. The Labute approximate surface area is 229 Å². The highest BCUT2D eigenvalue weighted by Crippen LogP contribution is 2.52. The number of hydrogen-bond donors (Lipinski definition) is 1. The highest BCUT2D eigenvalue weighted by Gasteiger charge is 2.56. The Morgan fingerprint density at radius 3 is 2.42 bits per heavy atom. The van der Waals surface area contributed by atoms with E-state index >= 15 is 0 Å². The summed E-state index contributed by atoms with van der Waals surface area (Å²) in [5, 5.41) is 12.0. The van der Waals surface area contributed by atoms with Crippen LogP contribution < -0.4 is 5.56 Å². The number of nitrogens with zero attached hydrogens (tertiary/aromatic N) is 2. The zero-order valence-corrected chi connectivity index (χ0v) is 22.6. The molecule has 2 aromatic rings. The van der Waals surface area contributed by atoms with Gasteiger partial charge in [0.1, 0.15) is 5.82 Å². The van der Waals surface area contributed by atoms with Gasteiger partial charge < -0.3 is 19.3 Å². The summed E-state index contributed by atoms with van der Waals surface area (Å²) in [6.07, 6.45) is -1.78. The molecule has 0 bridgehead atoms. The molecule has 4 rings (SSSR count). The van der Waals surface area contributed by atoms with Crippen LogP contribution in [0.2, 0.25) is 0 Å². The number of benzene rings is 1. The molecular weight excluding hydrogens is 532 g/mol. The Balaban J connectivity index is 1.68. The molecule has 1 spiro atoms. The number of esters is 1. The molecule has 7 nitrogen and oxygen atoms in total. The summed E-state index contributed by atoms with van der Waals surface area (Å²) in [6.45, 7) is 2.84. The normalized spacial score (nSPS) is 21.4. The van der Waals surface area contributed by atoms with E-state index in [1.54, 1.807) is 13.0 Å². The van der Waals surface area contributed by atoms with Crippen molar-refractivity contribution in [1.29, 1.82) is 0 Å². The van der Waals surface area contributed by atoms with Crippen molar-refractivity contribution in [2.75, 3.05) is 19.7 Å². The molecule has 2 fully saturated rings. The molecular formula is C29H34F4N2O5. The number of hydrogen-bond acceptors (Lipinski definition) is 5. The van der Waals surface area contributed by atoms with Gasteiger partial charge in [-0.25, -0.2) is 9.18 Å². The van der Waals surface area contributed by atoms with E-state index in [1.807, 2.05) is 0 Å². The van der Waals surface area contributed by atoms with Gasteiger partial charge in [-0.05, 0) is 32.3 Å². The second-order valence-corrected chi connectivity index (χ2v) is 11.0. The summed E-state index contributed by atoms with van der Waals surface area (Å²) in [4.78, 5) is 40.5. The van der Waals surface area contributed by atoms with Crippen LogP contribution in [-0.2, 0) is 16.1 Å². The Hall–Kier alpha value is -3.21. The van der Waals surface area contributed by atoms with Crippen molar-refractivity contribution >= 4 is 11.9 Å². The Morgan fingerprint density at radius 1 is 1.12 bits per heavy atom. The molecule has 218 valence electrons. The van der Waals surface area contributed by atoms with Gasteiger partial charge in [0.25, 0.3) is 5.56 Å². The molecule has 1 saturated heterocycles. The lowest BCUT2D eigenvalue weighted by atomic mass is 9.65. The van der Waals surface area contributed by atoms with E-state index < -0.39 is 52.8 Å². The third-order valence-corrected chi connectivity index (χ3v) is 8.32. The second-order valence-electron chi connectivity index (χ2n) is 11.0. The zero-order valence-electron chi connectivity index (χ0n) is 22.6. The molecule has 2 heterocycles. The van der Waals surface area contributed by atoms with Gasteiger partial charge >= 0.3 is 12.1 Å². The molecule has 11 heteroatoms. The number of carbonyl (C=O) groups is 2. The summed E-state index contributed by atoms with van der Waals surface area (Å²) in [5.41, 5.74) is -2.77. The largest absolute Gasteiger partial charge is 0.462 e. The van der Waals surface area contributed by atoms with Crippen LogP contribution in [0.3, 0.4) is 0 Å². The smallest absolute Gasteiger partial charge is 0.389 e. The van der Waals surface area contributed by atoms with Crippen LogP contribution in [0.25, 0.3) is 11.1 Å². The molecule has 1 aromatic carbocycles. The topological polar surface area (TPSA) is 88.8 Å². The molecule has 1 amide bonds. The maximum Gasteiger partial charge on any atom is 0.389 e. The third kappa shape index (κ3) is 5.94. The second kappa shape index (κ2) is 11.3. The van der Waals surface area contributed by atoms with Gasteiger partial charge in [-0.2, -0.15) is 13.2 Å². The number of halogens is 4. The standard InChI is InChI=1S/C29H34F4N2O5/c1-3-40-26(38)22-16-35(24(36)14-21(22)20-8-4-5-9-23(20)30)18-28(39)12-13-34(17-27(28)10-6-7-11-27)25(37)19(2)15-29(31,32)33/h4-5,8-9,14,16,19,39H,3,6-7,10-13,15,17-18H2,1-2H3/t19-,28?/m1/s1. The molecule has 0 radical (unpaired) electrons. The van der Waals surface area contributed by atoms with Gasteiger partial charge in [-0.15, -0.1) is 0 Å². The number of aliphatic hydroxyl groups is 1. The lowest BCUT2D eigenvalue weighted by Crippen LogP contribution is -2.62. The molecule has 1 aliphatic carbocycles. The van der Waals surface area contributed by atoms with Crippen molar-refractivity contribution in [3.8, 4) is 11.1 Å². The maximum absolute atomic E-state index is 14.6. The predicted molar refractivity (Wildman–Crippen MR) is 139 cm³/mol. The fourth-order valence-corrected chi connectivity index (χ4v) is 6.29. The van der Waals surface area contributed by atoms with Crippen LogP contribution in [-0.4, -0.2) is 57.9 Å². The number of rotatable bonds is 7. The number of likely N-dealkylation sites (tertiary alicyclic amines) is 1. The van der Waals surface area contributed by atoms with Crippen LogP contribution in [0, 0.1) is 17.2 Å². The minimum Gasteiger partial charge on any atom is -0.462 e. The van der Waals surface area contributed by atoms with Crippen molar-refractivity contribution in [2.24, 2.45) is 11.3 Å². The van der Waals surface area contributed by atoms with Crippen LogP contribution in [0.4, 0.5) is 17.6 Å². The van der Waals surface area contributed by atoms with Crippen LogP contribution in [0.5, 0.6) is 0 Å². The Kier molecular flexibility index (Phi) is 8.44. The third-order valence-electron chi connectivity index (χ3n) is 8.32. The number of pyridine rings is 1. The highest BCUT2D eigenvalue weighted by atomic mass is 19.4. The molecule has 2 atom stereocenters. The van der Waals surface area contributed by atoms with Gasteiger partial charge in [0.05, 0.1) is 30.7 Å². The number of aromatic nitrogens is 1. The molecule has 1 saturated carbocycles. The maximum atomic E-state index is 14.6. The molecule has 40 heavy (non-hydrogen) atoms. The first-order valence-corrected chi connectivity index (χ1v) is 13.5. The Morgan fingerprint density at radius 2 is 1.80 bits per heavy atom. The van der Waals surface area contributed by atoms with Crippen LogP contribution in [0.1, 0.15) is 62.7 Å². The summed E-state index contributed by atoms with van der Waals surface area (Å²) < 4.78 is 59.8. The first kappa shape index (κ1) is 29.8. The van der Waals surface area contributed by atoms with Crippen LogP contribution in [0.15, 0.2) is 41.3 Å². The predicted octanol–water partition coefficient (Wildman–Crippen LogP) is 4.94. The molecule has 1 unspecified atom stereocenters. The number of alkyl halides is 3. The first-order valence-electron chi connectivity index (χ1n) is 13.5. The quantitative estimate of drug-likeness (QED) is 0.379. The molecule has 1 N–H and O–H groups in total. The minimum absolute atomic E-state index is 0.0338. The number of carbonyl (C=O) groups excluding carboxylic acids is 2. The average molecular weight is 567 g/mol. The monoisotopic (exact) mass is 566 g/mol. The van der Waals surface area contributed by atoms with E-state index in [1.165, 1.54) is 40.8 Å². The van der Waals surface area contributed by atoms with Gasteiger partial charge in [-0.1, -0.05) is 38.0 Å². The SMILES string of the molecule is CCOC(=O)c1cn(CC2(O)CCN(C(=O)[C@H](C)CC(F)(F)F)CC23CCCC3)c(=O)cc1-c1ccccc1F. The van der Waals surface area contributed by atoms with Crippen molar-refractivity contribution in [3.05, 3.63) is 58.3 Å². The number of ether oxygens (including phenoxy) is 1. The first-order chi connectivity index (χ1) is 18.8. The molecule has 1 aliphatic heterocycles. The lowest BCUT2D eigenvalue weighted by Gasteiger charge is -2.52. The van der Waals surface area contributed by atoms with E-state index in [-0.39, 0.29) is 49.4 Å². The van der Waals surface area contributed by atoms with Crippen LogP contribution >= 0.6 is 0 Å². The average Bonchev–Trinajstić information content (AvgIpc) is 3.36. The summed E-state index contributed by atoms with van der Waals surface area (Å²) in [5.74, 6) is -3.23. The van der Waals surface area contributed by atoms with Gasteiger partial charge in [0.2, 0.25) is 5.91 Å². The minimum atomic E-state index is -4.47. The fraction of sp³-hybridized carbons (Fsp3) is 0.552. The van der Waals surface area contributed by atoms with Gasteiger partial charge in [-0.3, -0.25) is 9.59 Å². The van der Waals surface area contributed by atoms with Crippen molar-refractivity contribution in [2.45, 2.75) is 70.7 Å². The number of piperidine rings is 1. The van der Waals surface area contributed by atoms with E-state index in [0.29, 0.717) is 12.8 Å². The van der Waals surface area contributed by atoms with Crippen molar-refractivity contribution in [3.63, 3.8) is 0 Å². The van der Waals surface area contributed by atoms with E-state index in [4.69, 9.17) is 4.74 Å². The van der Waals surface area contributed by atoms with E-state index in [2.05, 4.69) is 0 Å². The molecule has 1 aromatic heterocycles. The fourth-order valence-electron chi connectivity index (χ4n) is 6.29. The summed E-state index contributed by atoms with van der Waals surface area (Å²) in [6, 6.07) is 6.88. The van der Waals surface area contributed by atoms with Crippen molar-refractivity contribution < 1.29 is 37.0 Å².